The second-order valence-electron chi connectivity index (χ2n) is 4.60. The van der Waals surface area contributed by atoms with E-state index < -0.39 is 0 Å². The Labute approximate surface area is 118 Å². The highest BCUT2D eigenvalue weighted by atomic mass is 35.5. The van der Waals surface area contributed by atoms with Gasteiger partial charge in [-0.1, -0.05) is 43.1 Å². The Hall–Kier alpha value is 0.110. The van der Waals surface area contributed by atoms with Gasteiger partial charge in [-0.05, 0) is 35.8 Å². The molecule has 0 radical (unpaired) electrons. The lowest BCUT2D eigenvalue weighted by Gasteiger charge is -2.14. The molecule has 1 atom stereocenters. The molecule has 0 bridgehead atoms. The second-order valence-corrected chi connectivity index (χ2v) is 6.49. The van der Waals surface area contributed by atoms with Gasteiger partial charge in [-0.3, -0.25) is 0 Å². The summed E-state index contributed by atoms with van der Waals surface area (Å²) in [5.41, 5.74) is 7.06. The number of nitrogens with two attached hydrogens (primary N) is 1. The average Bonchev–Trinajstić information content (AvgIpc) is 2.23. The molecule has 96 valence electrons. The van der Waals surface area contributed by atoms with Crippen molar-refractivity contribution in [2.24, 2.45) is 11.7 Å². The highest BCUT2D eigenvalue weighted by molar-refractivity contribution is 7.99. The van der Waals surface area contributed by atoms with E-state index in [1.54, 1.807) is 0 Å². The fraction of sp³-hybridized carbons (Fsp3) is 0.538. The van der Waals surface area contributed by atoms with Gasteiger partial charge in [-0.2, -0.15) is 11.8 Å². The third-order valence-corrected chi connectivity index (χ3v) is 4.59. The van der Waals surface area contributed by atoms with E-state index in [-0.39, 0.29) is 6.04 Å². The van der Waals surface area contributed by atoms with Crippen LogP contribution >= 0.6 is 35.0 Å². The Morgan fingerprint density at radius 1 is 1.18 bits per heavy atom. The molecule has 1 aromatic carbocycles. The molecular weight excluding hydrogens is 273 g/mol. The Bertz CT molecular complexity index is 335. The summed E-state index contributed by atoms with van der Waals surface area (Å²) in [6.07, 6.45) is 0.740. The van der Waals surface area contributed by atoms with Crippen LogP contribution in [0.1, 0.15) is 19.4 Å². The van der Waals surface area contributed by atoms with Crippen molar-refractivity contribution in [3.05, 3.63) is 33.8 Å². The zero-order valence-electron chi connectivity index (χ0n) is 10.2. The molecule has 0 spiro atoms. The summed E-state index contributed by atoms with van der Waals surface area (Å²) in [6.45, 7) is 4.42. The van der Waals surface area contributed by atoms with Gasteiger partial charge < -0.3 is 5.73 Å². The summed E-state index contributed by atoms with van der Waals surface area (Å²) in [5.74, 6) is 2.79. The van der Waals surface area contributed by atoms with Gasteiger partial charge in [0.25, 0.3) is 0 Å². The maximum Gasteiger partial charge on any atom is 0.0453 e. The molecule has 1 unspecified atom stereocenters. The number of hydrogen-bond donors (Lipinski definition) is 1. The van der Waals surface area contributed by atoms with Crippen molar-refractivity contribution < 1.29 is 0 Å². The maximum atomic E-state index is 6.11. The molecule has 0 heterocycles. The van der Waals surface area contributed by atoms with E-state index in [4.69, 9.17) is 28.9 Å². The number of thioether (sulfide) groups is 1. The van der Waals surface area contributed by atoms with Gasteiger partial charge in [-0.15, -0.1) is 0 Å². The molecule has 0 aliphatic heterocycles. The second kappa shape index (κ2) is 7.52. The summed E-state index contributed by atoms with van der Waals surface area (Å²) in [6, 6.07) is 5.68. The highest BCUT2D eigenvalue weighted by Crippen LogP contribution is 2.25. The third kappa shape index (κ3) is 5.52. The molecule has 0 saturated carbocycles. The third-order valence-electron chi connectivity index (χ3n) is 2.31. The Kier molecular flexibility index (Phi) is 6.71. The minimum absolute atomic E-state index is 0.108. The highest BCUT2D eigenvalue weighted by Gasteiger charge is 2.11. The van der Waals surface area contributed by atoms with E-state index in [9.17, 15) is 0 Å². The zero-order chi connectivity index (χ0) is 12.8. The molecule has 1 rings (SSSR count). The fourth-order valence-corrected chi connectivity index (χ4v) is 3.08. The SMILES string of the molecule is CC(C)CSCC(N)Cc1c(Cl)cccc1Cl. The molecular formula is C13H19Cl2NS. The van der Waals surface area contributed by atoms with Gasteiger partial charge in [0.2, 0.25) is 0 Å². The van der Waals surface area contributed by atoms with Crippen molar-refractivity contribution >= 4 is 35.0 Å². The molecule has 2 N–H and O–H groups in total. The van der Waals surface area contributed by atoms with Gasteiger partial charge in [0, 0.05) is 21.8 Å². The molecule has 0 aliphatic carbocycles. The van der Waals surface area contributed by atoms with Crippen molar-refractivity contribution in [3.63, 3.8) is 0 Å². The van der Waals surface area contributed by atoms with Crippen LogP contribution in [0, 0.1) is 5.92 Å². The first-order valence-electron chi connectivity index (χ1n) is 5.77. The maximum absolute atomic E-state index is 6.11. The lowest BCUT2D eigenvalue weighted by atomic mass is 10.1. The number of hydrogen-bond acceptors (Lipinski definition) is 2. The van der Waals surface area contributed by atoms with E-state index in [0.717, 1.165) is 23.5 Å². The lowest BCUT2D eigenvalue weighted by Crippen LogP contribution is -2.26. The van der Waals surface area contributed by atoms with Crippen molar-refractivity contribution in [1.82, 2.24) is 0 Å². The van der Waals surface area contributed by atoms with Crippen LogP contribution in [0.25, 0.3) is 0 Å². The predicted molar refractivity (Wildman–Crippen MR) is 80.3 cm³/mol. The van der Waals surface area contributed by atoms with E-state index in [0.29, 0.717) is 16.0 Å². The monoisotopic (exact) mass is 291 g/mol. The summed E-state index contributed by atoms with van der Waals surface area (Å²) >= 11 is 14.1. The summed E-state index contributed by atoms with van der Waals surface area (Å²) in [7, 11) is 0. The number of rotatable bonds is 6. The molecule has 0 saturated heterocycles. The van der Waals surface area contributed by atoms with Crippen molar-refractivity contribution in [1.29, 1.82) is 0 Å². The van der Waals surface area contributed by atoms with Crippen molar-refractivity contribution in [2.45, 2.75) is 26.3 Å². The van der Waals surface area contributed by atoms with Gasteiger partial charge in [0.15, 0.2) is 0 Å². The molecule has 17 heavy (non-hydrogen) atoms. The van der Waals surface area contributed by atoms with Gasteiger partial charge in [0.05, 0.1) is 0 Å². The Morgan fingerprint density at radius 2 is 1.76 bits per heavy atom. The lowest BCUT2D eigenvalue weighted by molar-refractivity contribution is 0.732. The van der Waals surface area contributed by atoms with Crippen LogP contribution < -0.4 is 5.73 Å². The van der Waals surface area contributed by atoms with Crippen LogP contribution in [-0.2, 0) is 6.42 Å². The first-order chi connectivity index (χ1) is 8.00. The van der Waals surface area contributed by atoms with Crippen molar-refractivity contribution in [2.75, 3.05) is 11.5 Å². The van der Waals surface area contributed by atoms with E-state index >= 15 is 0 Å². The first-order valence-corrected chi connectivity index (χ1v) is 7.68. The molecule has 1 nitrogen and oxygen atoms in total. The van der Waals surface area contributed by atoms with Crippen LogP contribution in [0.2, 0.25) is 10.0 Å². The van der Waals surface area contributed by atoms with Gasteiger partial charge >= 0.3 is 0 Å². The predicted octanol–water partition coefficient (Wildman–Crippen LogP) is 4.25. The Morgan fingerprint density at radius 3 is 2.29 bits per heavy atom. The summed E-state index contributed by atoms with van der Waals surface area (Å²) in [5, 5.41) is 1.42. The number of halogens is 2. The zero-order valence-corrected chi connectivity index (χ0v) is 12.6. The quantitative estimate of drug-likeness (QED) is 0.848. The van der Waals surface area contributed by atoms with E-state index in [2.05, 4.69) is 13.8 Å². The molecule has 0 fully saturated rings. The van der Waals surface area contributed by atoms with Crippen LogP contribution in [0.4, 0.5) is 0 Å². The molecule has 0 aromatic heterocycles. The number of benzene rings is 1. The topological polar surface area (TPSA) is 26.0 Å². The molecule has 4 heteroatoms. The van der Waals surface area contributed by atoms with Crippen LogP contribution in [0.15, 0.2) is 18.2 Å². The Balaban J connectivity index is 2.47. The van der Waals surface area contributed by atoms with Gasteiger partial charge in [0.1, 0.15) is 0 Å². The molecule has 0 amide bonds. The van der Waals surface area contributed by atoms with Crippen LogP contribution in [-0.4, -0.2) is 17.5 Å². The molecule has 0 aliphatic rings. The largest absolute Gasteiger partial charge is 0.327 e. The van der Waals surface area contributed by atoms with Crippen molar-refractivity contribution in [3.8, 4) is 0 Å². The average molecular weight is 292 g/mol. The normalized spacial score (nSPS) is 13.1. The fourth-order valence-electron chi connectivity index (χ4n) is 1.50. The van der Waals surface area contributed by atoms with Crippen LogP contribution in [0.5, 0.6) is 0 Å². The minimum Gasteiger partial charge on any atom is -0.327 e. The standard InChI is InChI=1S/C13H19Cl2NS/c1-9(2)7-17-8-10(16)6-11-12(14)4-3-5-13(11)15/h3-5,9-10H,6-8,16H2,1-2H3. The van der Waals surface area contributed by atoms with E-state index in [1.807, 2.05) is 30.0 Å². The molecule has 1 aromatic rings. The van der Waals surface area contributed by atoms with E-state index in [1.165, 1.54) is 0 Å². The summed E-state index contributed by atoms with van der Waals surface area (Å²) < 4.78 is 0. The van der Waals surface area contributed by atoms with Gasteiger partial charge in [-0.25, -0.2) is 0 Å². The smallest absolute Gasteiger partial charge is 0.0453 e. The van der Waals surface area contributed by atoms with Crippen LogP contribution in [0.3, 0.4) is 0 Å². The first kappa shape index (κ1) is 15.2. The minimum atomic E-state index is 0.108. The summed E-state index contributed by atoms with van der Waals surface area (Å²) in [4.78, 5) is 0.